The summed E-state index contributed by atoms with van der Waals surface area (Å²) in [6, 6.07) is 2.74. The van der Waals surface area contributed by atoms with E-state index in [1.54, 1.807) is 0 Å². The van der Waals surface area contributed by atoms with Crippen molar-refractivity contribution in [1.29, 1.82) is 5.26 Å². The summed E-state index contributed by atoms with van der Waals surface area (Å²) in [6.45, 7) is 4.57. The monoisotopic (exact) mass is 287 g/mol. The predicted molar refractivity (Wildman–Crippen MR) is 89.9 cm³/mol. The molecule has 0 saturated heterocycles. The molecule has 1 atom stereocenters. The summed E-state index contributed by atoms with van der Waals surface area (Å²) < 4.78 is 0. The van der Waals surface area contributed by atoms with Gasteiger partial charge in [-0.05, 0) is 56.8 Å². The maximum atomic E-state index is 9.83. The van der Waals surface area contributed by atoms with Gasteiger partial charge in [0.05, 0.1) is 11.5 Å². The number of nitriles is 1. The third kappa shape index (κ3) is 4.12. The van der Waals surface area contributed by atoms with E-state index in [2.05, 4.69) is 26.0 Å². The van der Waals surface area contributed by atoms with Crippen molar-refractivity contribution in [1.82, 2.24) is 0 Å². The van der Waals surface area contributed by atoms with Crippen LogP contribution in [0.3, 0.4) is 0 Å². The molecule has 0 heterocycles. The molecule has 0 amide bonds. The molecule has 1 heteroatoms. The molecule has 2 aliphatic carbocycles. The molecule has 0 aromatic carbocycles. The molecule has 1 nitrogen and oxygen atoms in total. The number of unbranched alkanes of at least 4 members (excludes halogenated alkanes) is 1. The van der Waals surface area contributed by atoms with Gasteiger partial charge in [-0.2, -0.15) is 5.26 Å². The smallest absolute Gasteiger partial charge is 0.0782 e. The summed E-state index contributed by atoms with van der Waals surface area (Å²) in [4.78, 5) is 0. The standard InChI is InChI=1S/C20H33N/c1-3-5-7-18-8-10-19(11-9-18)20(16-21)14-12-17(6-4-2)13-15-20/h10,17-18H,3-9,11-15H2,1-2H3. The Morgan fingerprint density at radius 3 is 2.38 bits per heavy atom. The van der Waals surface area contributed by atoms with Crippen molar-refractivity contribution in [2.75, 3.05) is 0 Å². The average molecular weight is 287 g/mol. The Labute approximate surface area is 131 Å². The van der Waals surface area contributed by atoms with Crippen LogP contribution in [-0.4, -0.2) is 0 Å². The Kier molecular flexibility index (Phi) is 6.34. The van der Waals surface area contributed by atoms with Crippen LogP contribution in [0.15, 0.2) is 11.6 Å². The molecule has 0 bridgehead atoms. The molecule has 0 spiro atoms. The van der Waals surface area contributed by atoms with Crippen LogP contribution in [-0.2, 0) is 0 Å². The minimum Gasteiger partial charge on any atom is -0.197 e. The summed E-state index contributed by atoms with van der Waals surface area (Å²) in [7, 11) is 0. The lowest BCUT2D eigenvalue weighted by atomic mass is 9.64. The highest BCUT2D eigenvalue weighted by Crippen LogP contribution is 2.48. The van der Waals surface area contributed by atoms with Crippen LogP contribution in [0.4, 0.5) is 0 Å². The first-order valence-electron chi connectivity index (χ1n) is 9.34. The third-order valence-corrected chi connectivity index (χ3v) is 5.97. The van der Waals surface area contributed by atoms with E-state index in [-0.39, 0.29) is 5.41 Å². The van der Waals surface area contributed by atoms with Gasteiger partial charge in [0.15, 0.2) is 0 Å². The fourth-order valence-electron chi connectivity index (χ4n) is 4.45. The molecule has 0 radical (unpaired) electrons. The topological polar surface area (TPSA) is 23.8 Å². The molecule has 0 aromatic rings. The summed E-state index contributed by atoms with van der Waals surface area (Å²) >= 11 is 0. The second kappa shape index (κ2) is 8.02. The highest BCUT2D eigenvalue weighted by atomic mass is 14.4. The fourth-order valence-corrected chi connectivity index (χ4v) is 4.45. The van der Waals surface area contributed by atoms with Gasteiger partial charge in [-0.15, -0.1) is 0 Å². The van der Waals surface area contributed by atoms with Crippen molar-refractivity contribution in [3.8, 4) is 6.07 Å². The Morgan fingerprint density at radius 1 is 1.10 bits per heavy atom. The Hall–Kier alpha value is -0.770. The zero-order valence-corrected chi connectivity index (χ0v) is 14.2. The first-order chi connectivity index (χ1) is 10.2. The molecule has 2 aliphatic rings. The van der Waals surface area contributed by atoms with Gasteiger partial charge in [0.25, 0.3) is 0 Å². The maximum absolute atomic E-state index is 9.83. The lowest BCUT2D eigenvalue weighted by Gasteiger charge is -2.39. The van der Waals surface area contributed by atoms with Crippen molar-refractivity contribution in [3.63, 3.8) is 0 Å². The van der Waals surface area contributed by atoms with Crippen molar-refractivity contribution in [2.24, 2.45) is 17.3 Å². The van der Waals surface area contributed by atoms with Gasteiger partial charge in [0.1, 0.15) is 0 Å². The van der Waals surface area contributed by atoms with E-state index >= 15 is 0 Å². The second-order valence-corrected chi connectivity index (χ2v) is 7.44. The minimum absolute atomic E-state index is 0.0834. The molecule has 1 saturated carbocycles. The van der Waals surface area contributed by atoms with E-state index in [1.807, 2.05) is 0 Å². The van der Waals surface area contributed by atoms with E-state index in [9.17, 15) is 5.26 Å². The Balaban J connectivity index is 1.93. The molecule has 21 heavy (non-hydrogen) atoms. The van der Waals surface area contributed by atoms with Crippen LogP contribution >= 0.6 is 0 Å². The summed E-state index contributed by atoms with van der Waals surface area (Å²) in [5, 5.41) is 9.83. The molecule has 2 rings (SSSR count). The highest BCUT2D eigenvalue weighted by Gasteiger charge is 2.39. The van der Waals surface area contributed by atoms with Crippen LogP contribution in [0, 0.1) is 28.6 Å². The predicted octanol–water partition coefficient (Wildman–Crippen LogP) is 6.40. The van der Waals surface area contributed by atoms with E-state index in [1.165, 1.54) is 69.8 Å². The SMILES string of the molecule is CCCCC1CC=C(C2(C#N)CCC(CCC)CC2)CC1. The van der Waals surface area contributed by atoms with Gasteiger partial charge in [-0.3, -0.25) is 0 Å². The first kappa shape index (κ1) is 16.6. The van der Waals surface area contributed by atoms with Crippen molar-refractivity contribution in [2.45, 2.75) is 90.9 Å². The van der Waals surface area contributed by atoms with Gasteiger partial charge in [0.2, 0.25) is 0 Å². The number of rotatable bonds is 6. The molecule has 1 fully saturated rings. The van der Waals surface area contributed by atoms with E-state index in [4.69, 9.17) is 0 Å². The quantitative estimate of drug-likeness (QED) is 0.518. The largest absolute Gasteiger partial charge is 0.197 e. The normalized spacial score (nSPS) is 33.3. The lowest BCUT2D eigenvalue weighted by molar-refractivity contribution is 0.224. The molecule has 0 aromatic heterocycles. The zero-order valence-electron chi connectivity index (χ0n) is 14.2. The van der Waals surface area contributed by atoms with Crippen LogP contribution in [0.1, 0.15) is 90.9 Å². The van der Waals surface area contributed by atoms with Gasteiger partial charge >= 0.3 is 0 Å². The van der Waals surface area contributed by atoms with Gasteiger partial charge < -0.3 is 0 Å². The van der Waals surface area contributed by atoms with E-state index in [0.717, 1.165) is 24.7 Å². The van der Waals surface area contributed by atoms with Crippen LogP contribution in [0.5, 0.6) is 0 Å². The number of nitrogens with zero attached hydrogens (tertiary/aromatic N) is 1. The van der Waals surface area contributed by atoms with E-state index in [0.29, 0.717) is 0 Å². The first-order valence-corrected chi connectivity index (χ1v) is 9.34. The average Bonchev–Trinajstić information content (AvgIpc) is 2.55. The van der Waals surface area contributed by atoms with Crippen molar-refractivity contribution in [3.05, 3.63) is 11.6 Å². The van der Waals surface area contributed by atoms with Crippen molar-refractivity contribution >= 4 is 0 Å². The molecule has 0 aliphatic heterocycles. The lowest BCUT2D eigenvalue weighted by Crippen LogP contribution is -2.29. The summed E-state index contributed by atoms with van der Waals surface area (Å²) in [5.74, 6) is 1.78. The molecular formula is C20H33N. The number of hydrogen-bond acceptors (Lipinski definition) is 1. The molecular weight excluding hydrogens is 254 g/mol. The van der Waals surface area contributed by atoms with Gasteiger partial charge in [-0.1, -0.05) is 57.6 Å². The number of hydrogen-bond donors (Lipinski definition) is 0. The Bertz CT molecular complexity index is 379. The zero-order chi connectivity index (χ0) is 15.1. The molecule has 1 unspecified atom stereocenters. The minimum atomic E-state index is -0.0834. The van der Waals surface area contributed by atoms with Crippen LogP contribution in [0.2, 0.25) is 0 Å². The highest BCUT2D eigenvalue weighted by molar-refractivity contribution is 5.26. The molecule has 118 valence electrons. The second-order valence-electron chi connectivity index (χ2n) is 7.44. The number of allylic oxidation sites excluding steroid dienone is 2. The maximum Gasteiger partial charge on any atom is 0.0782 e. The van der Waals surface area contributed by atoms with E-state index < -0.39 is 0 Å². The van der Waals surface area contributed by atoms with Gasteiger partial charge in [0, 0.05) is 0 Å². The van der Waals surface area contributed by atoms with Gasteiger partial charge in [-0.25, -0.2) is 0 Å². The summed E-state index contributed by atoms with van der Waals surface area (Å²) in [6.07, 6.45) is 17.8. The Morgan fingerprint density at radius 2 is 1.86 bits per heavy atom. The van der Waals surface area contributed by atoms with Crippen molar-refractivity contribution < 1.29 is 0 Å². The molecule has 0 N–H and O–H groups in total. The fraction of sp³-hybridized carbons (Fsp3) is 0.850. The third-order valence-electron chi connectivity index (χ3n) is 5.97. The van der Waals surface area contributed by atoms with Crippen LogP contribution in [0.25, 0.3) is 0 Å². The van der Waals surface area contributed by atoms with Crippen LogP contribution < -0.4 is 0 Å². The summed E-state index contributed by atoms with van der Waals surface area (Å²) in [5.41, 5.74) is 1.42.